The molecule has 96 valence electrons. The molecule has 0 aliphatic carbocycles. The van der Waals surface area contributed by atoms with Crippen molar-refractivity contribution in [2.24, 2.45) is 0 Å². The number of rotatable bonds is 6. The molecule has 0 fully saturated rings. The van der Waals surface area contributed by atoms with E-state index < -0.39 is 15.8 Å². The Hall–Kier alpha value is -1.14. The first-order chi connectivity index (χ1) is 8.03. The molecule has 0 saturated carbocycles. The summed E-state index contributed by atoms with van der Waals surface area (Å²) in [5.41, 5.74) is -0.0185. The summed E-state index contributed by atoms with van der Waals surface area (Å²) < 4.78 is 38.3. The zero-order chi connectivity index (χ0) is 12.9. The first kappa shape index (κ1) is 13.9. The molecule has 1 rings (SSSR count). The first-order valence-electron chi connectivity index (χ1n) is 5.38. The van der Waals surface area contributed by atoms with Gasteiger partial charge in [0.25, 0.3) is 0 Å². The lowest BCUT2D eigenvalue weighted by Gasteiger charge is -2.23. The molecule has 0 aromatic heterocycles. The lowest BCUT2D eigenvalue weighted by atomic mass is 10.3. The topological polar surface area (TPSA) is 57.6 Å². The molecule has 0 aliphatic rings. The van der Waals surface area contributed by atoms with Crippen LogP contribution in [-0.2, 0) is 10.0 Å². The van der Waals surface area contributed by atoms with Crippen LogP contribution >= 0.6 is 0 Å². The van der Waals surface area contributed by atoms with Crippen molar-refractivity contribution in [3.63, 3.8) is 0 Å². The van der Waals surface area contributed by atoms with Gasteiger partial charge in [-0.05, 0) is 18.6 Å². The van der Waals surface area contributed by atoms with Crippen LogP contribution in [0.25, 0.3) is 0 Å². The normalized spacial score (nSPS) is 11.5. The van der Waals surface area contributed by atoms with Crippen LogP contribution in [0.2, 0.25) is 0 Å². The Balaban J connectivity index is 3.14. The highest BCUT2D eigenvalue weighted by Crippen LogP contribution is 2.22. The number of sulfonamides is 1. The Morgan fingerprint density at radius 2 is 2.00 bits per heavy atom. The number of benzene rings is 1. The van der Waals surface area contributed by atoms with Crippen molar-refractivity contribution in [1.29, 1.82) is 0 Å². The summed E-state index contributed by atoms with van der Waals surface area (Å²) in [6, 6.07) is 5.63. The molecule has 0 radical (unpaired) electrons. The van der Waals surface area contributed by atoms with Crippen LogP contribution in [0.1, 0.15) is 13.3 Å². The lowest BCUT2D eigenvalue weighted by molar-refractivity contribution is 0.306. The zero-order valence-corrected chi connectivity index (χ0v) is 10.5. The molecule has 0 saturated heterocycles. The SMILES string of the molecule is CCCS(=O)(=O)N(CCO)c1ccccc1F. The summed E-state index contributed by atoms with van der Waals surface area (Å²) in [5.74, 6) is -0.679. The molecule has 0 unspecified atom stereocenters. The standard InChI is InChI=1S/C11H16FNO3S/c1-2-9-17(15,16)13(7-8-14)11-6-4-3-5-10(11)12/h3-6,14H,2,7-9H2,1H3. The third kappa shape index (κ3) is 3.41. The Bertz CT molecular complexity index is 462. The van der Waals surface area contributed by atoms with E-state index in [9.17, 15) is 12.8 Å². The Labute approximate surface area is 101 Å². The number of aliphatic hydroxyl groups is 1. The summed E-state index contributed by atoms with van der Waals surface area (Å²) in [4.78, 5) is 0. The van der Waals surface area contributed by atoms with Crippen molar-refractivity contribution in [3.05, 3.63) is 30.1 Å². The molecule has 0 bridgehead atoms. The second-order valence-electron chi connectivity index (χ2n) is 3.56. The smallest absolute Gasteiger partial charge is 0.235 e. The van der Waals surface area contributed by atoms with Gasteiger partial charge in [0.15, 0.2) is 0 Å². The van der Waals surface area contributed by atoms with Crippen LogP contribution in [-0.4, -0.2) is 32.4 Å². The van der Waals surface area contributed by atoms with E-state index in [0.717, 1.165) is 4.31 Å². The van der Waals surface area contributed by atoms with Crippen molar-refractivity contribution in [3.8, 4) is 0 Å². The fourth-order valence-electron chi connectivity index (χ4n) is 1.52. The van der Waals surface area contributed by atoms with Crippen LogP contribution in [0.4, 0.5) is 10.1 Å². The highest BCUT2D eigenvalue weighted by molar-refractivity contribution is 7.92. The summed E-state index contributed by atoms with van der Waals surface area (Å²) in [5, 5.41) is 8.89. The van der Waals surface area contributed by atoms with E-state index in [1.54, 1.807) is 13.0 Å². The second-order valence-corrected chi connectivity index (χ2v) is 5.58. The third-order valence-electron chi connectivity index (χ3n) is 2.22. The minimum atomic E-state index is -3.58. The Morgan fingerprint density at radius 1 is 1.35 bits per heavy atom. The van der Waals surface area contributed by atoms with Crippen molar-refractivity contribution in [2.75, 3.05) is 23.2 Å². The molecule has 0 aliphatic heterocycles. The average Bonchev–Trinajstić information content (AvgIpc) is 2.27. The van der Waals surface area contributed by atoms with Gasteiger partial charge in [-0.1, -0.05) is 19.1 Å². The van der Waals surface area contributed by atoms with E-state index in [1.165, 1.54) is 18.2 Å². The average molecular weight is 261 g/mol. The quantitative estimate of drug-likeness (QED) is 0.841. The number of aliphatic hydroxyl groups excluding tert-OH is 1. The van der Waals surface area contributed by atoms with Crippen molar-refractivity contribution < 1.29 is 17.9 Å². The van der Waals surface area contributed by atoms with Gasteiger partial charge in [-0.15, -0.1) is 0 Å². The fraction of sp³-hybridized carbons (Fsp3) is 0.455. The van der Waals surface area contributed by atoms with Crippen molar-refractivity contribution in [1.82, 2.24) is 0 Å². The minimum Gasteiger partial charge on any atom is -0.394 e. The highest BCUT2D eigenvalue weighted by Gasteiger charge is 2.23. The molecule has 1 aromatic carbocycles. The number of halogens is 1. The van der Waals surface area contributed by atoms with Crippen molar-refractivity contribution >= 4 is 15.7 Å². The number of hydrogen-bond donors (Lipinski definition) is 1. The second kappa shape index (κ2) is 5.97. The molecular weight excluding hydrogens is 245 g/mol. The number of hydrogen-bond acceptors (Lipinski definition) is 3. The Kier molecular flexibility index (Phi) is 4.89. The fourth-order valence-corrected chi connectivity index (χ4v) is 3.07. The molecular formula is C11H16FNO3S. The maximum absolute atomic E-state index is 13.5. The van der Waals surface area contributed by atoms with Crippen molar-refractivity contribution in [2.45, 2.75) is 13.3 Å². The lowest BCUT2D eigenvalue weighted by Crippen LogP contribution is -2.35. The summed E-state index contributed by atoms with van der Waals surface area (Å²) in [6.07, 6.45) is 0.443. The molecule has 0 spiro atoms. The van der Waals surface area contributed by atoms with Gasteiger partial charge in [-0.2, -0.15) is 0 Å². The molecule has 0 amide bonds. The van der Waals surface area contributed by atoms with Crippen LogP contribution in [0.15, 0.2) is 24.3 Å². The molecule has 0 heterocycles. The Morgan fingerprint density at radius 3 is 2.53 bits per heavy atom. The molecule has 0 atom stereocenters. The van der Waals surface area contributed by atoms with E-state index >= 15 is 0 Å². The maximum atomic E-state index is 13.5. The van der Waals surface area contributed by atoms with Gasteiger partial charge in [-0.25, -0.2) is 12.8 Å². The van der Waals surface area contributed by atoms with E-state index in [1.807, 2.05) is 0 Å². The largest absolute Gasteiger partial charge is 0.394 e. The molecule has 1 N–H and O–H groups in total. The summed E-state index contributed by atoms with van der Waals surface area (Å²) in [7, 11) is -3.58. The van der Waals surface area contributed by atoms with Crippen LogP contribution in [0.3, 0.4) is 0 Å². The van der Waals surface area contributed by atoms with E-state index in [4.69, 9.17) is 5.11 Å². The number of anilines is 1. The summed E-state index contributed by atoms with van der Waals surface area (Å²) >= 11 is 0. The molecule has 4 nitrogen and oxygen atoms in total. The molecule has 6 heteroatoms. The molecule has 17 heavy (non-hydrogen) atoms. The van der Waals surface area contributed by atoms with Gasteiger partial charge in [0, 0.05) is 0 Å². The predicted molar refractivity (Wildman–Crippen MR) is 64.9 cm³/mol. The van der Waals surface area contributed by atoms with Crippen LogP contribution in [0, 0.1) is 5.82 Å². The maximum Gasteiger partial charge on any atom is 0.235 e. The van der Waals surface area contributed by atoms with Gasteiger partial charge < -0.3 is 5.11 Å². The van der Waals surface area contributed by atoms with Crippen LogP contribution < -0.4 is 4.31 Å². The van der Waals surface area contributed by atoms with Gasteiger partial charge in [-0.3, -0.25) is 4.31 Å². The third-order valence-corrected chi connectivity index (χ3v) is 4.20. The van der Waals surface area contributed by atoms with Gasteiger partial charge in [0.2, 0.25) is 10.0 Å². The summed E-state index contributed by atoms with van der Waals surface area (Å²) in [6.45, 7) is 1.25. The number of nitrogens with zero attached hydrogens (tertiary/aromatic N) is 1. The zero-order valence-electron chi connectivity index (χ0n) is 9.63. The monoisotopic (exact) mass is 261 g/mol. The number of para-hydroxylation sites is 1. The predicted octanol–water partition coefficient (Wildman–Crippen LogP) is 1.36. The van der Waals surface area contributed by atoms with E-state index in [-0.39, 0.29) is 24.6 Å². The van der Waals surface area contributed by atoms with Crippen LogP contribution in [0.5, 0.6) is 0 Å². The first-order valence-corrected chi connectivity index (χ1v) is 6.99. The highest BCUT2D eigenvalue weighted by atomic mass is 32.2. The molecule has 1 aromatic rings. The van der Waals surface area contributed by atoms with E-state index in [2.05, 4.69) is 0 Å². The minimum absolute atomic E-state index is 0.0185. The van der Waals surface area contributed by atoms with Gasteiger partial charge in [0.05, 0.1) is 24.6 Å². The van der Waals surface area contributed by atoms with E-state index in [0.29, 0.717) is 6.42 Å². The van der Waals surface area contributed by atoms with Gasteiger partial charge >= 0.3 is 0 Å². The van der Waals surface area contributed by atoms with Gasteiger partial charge in [0.1, 0.15) is 5.82 Å².